The van der Waals surface area contributed by atoms with E-state index in [4.69, 9.17) is 0 Å². The molecule has 0 aliphatic heterocycles. The second-order valence-electron chi connectivity index (χ2n) is 3.70. The number of amides is 1. The lowest BCUT2D eigenvalue weighted by molar-refractivity contribution is -0.109. The summed E-state index contributed by atoms with van der Waals surface area (Å²) >= 11 is 0. The first kappa shape index (κ1) is 16.1. The molecule has 3 nitrogen and oxygen atoms in total. The van der Waals surface area contributed by atoms with Crippen molar-refractivity contribution in [3.63, 3.8) is 0 Å². The highest BCUT2D eigenvalue weighted by molar-refractivity contribution is 5.54. The standard InChI is InChI=1S/C8H14N2O.C7H8/c1-3-8(5-9-4-2)6-10-7-11;1-7-5-3-2-4-6-7/h4-5,7H,3,6H2,1-2H3,(H,10,11);2-6H,1H3/b8-5+,9-4?;. The van der Waals surface area contributed by atoms with Crippen LogP contribution in [0.1, 0.15) is 25.8 Å². The molecule has 0 atom stereocenters. The van der Waals surface area contributed by atoms with Crippen LogP contribution in [0.25, 0.3) is 0 Å². The summed E-state index contributed by atoms with van der Waals surface area (Å²) in [6, 6.07) is 10.3. The summed E-state index contributed by atoms with van der Waals surface area (Å²) in [5.41, 5.74) is 2.44. The number of carbonyl (C=O) groups excluding carboxylic acids is 1. The summed E-state index contributed by atoms with van der Waals surface area (Å²) in [5.74, 6) is 0. The molecule has 1 aromatic carbocycles. The predicted octanol–water partition coefficient (Wildman–Crippen LogP) is 3.11. The van der Waals surface area contributed by atoms with Gasteiger partial charge in [-0.3, -0.25) is 9.79 Å². The van der Waals surface area contributed by atoms with Crippen LogP contribution in [0.3, 0.4) is 0 Å². The zero-order valence-corrected chi connectivity index (χ0v) is 11.4. The maximum Gasteiger partial charge on any atom is 0.207 e. The summed E-state index contributed by atoms with van der Waals surface area (Å²) in [6.45, 7) is 6.57. The van der Waals surface area contributed by atoms with Crippen molar-refractivity contribution < 1.29 is 4.79 Å². The van der Waals surface area contributed by atoms with Crippen molar-refractivity contribution in [3.05, 3.63) is 47.7 Å². The molecule has 0 radical (unpaired) electrons. The summed E-state index contributed by atoms with van der Waals surface area (Å²) in [5, 5.41) is 2.59. The van der Waals surface area contributed by atoms with Crippen molar-refractivity contribution >= 4 is 12.6 Å². The Balaban J connectivity index is 0.000000351. The van der Waals surface area contributed by atoms with Crippen LogP contribution in [0.15, 0.2) is 47.1 Å². The molecule has 1 N–H and O–H groups in total. The molecule has 0 aromatic heterocycles. The van der Waals surface area contributed by atoms with Gasteiger partial charge in [-0.2, -0.15) is 0 Å². The van der Waals surface area contributed by atoms with Crippen LogP contribution in [-0.4, -0.2) is 19.2 Å². The van der Waals surface area contributed by atoms with Crippen LogP contribution in [-0.2, 0) is 4.79 Å². The Morgan fingerprint density at radius 2 is 2.00 bits per heavy atom. The first-order chi connectivity index (χ1) is 8.74. The summed E-state index contributed by atoms with van der Waals surface area (Å²) in [4.78, 5) is 13.9. The molecular formula is C15H22N2O. The predicted molar refractivity (Wildman–Crippen MR) is 77.8 cm³/mol. The van der Waals surface area contributed by atoms with Crippen molar-refractivity contribution in [2.24, 2.45) is 4.99 Å². The topological polar surface area (TPSA) is 41.5 Å². The second-order valence-corrected chi connectivity index (χ2v) is 3.70. The lowest BCUT2D eigenvalue weighted by atomic mass is 10.2. The molecule has 0 bridgehead atoms. The van der Waals surface area contributed by atoms with Gasteiger partial charge in [0.05, 0.1) is 0 Å². The maximum absolute atomic E-state index is 9.92. The number of rotatable bonds is 5. The zero-order chi connectivity index (χ0) is 13.6. The van der Waals surface area contributed by atoms with Gasteiger partial charge in [0.15, 0.2) is 0 Å². The fraction of sp³-hybridized carbons (Fsp3) is 0.333. The van der Waals surface area contributed by atoms with E-state index in [1.165, 1.54) is 5.56 Å². The molecule has 1 aromatic rings. The normalized spacial score (nSPS) is 10.7. The van der Waals surface area contributed by atoms with E-state index in [1.54, 1.807) is 12.4 Å². The Kier molecular flexibility index (Phi) is 10.4. The van der Waals surface area contributed by atoms with Gasteiger partial charge in [-0.05, 0) is 25.8 Å². The molecule has 0 fully saturated rings. The van der Waals surface area contributed by atoms with Gasteiger partial charge in [0.2, 0.25) is 6.41 Å². The third kappa shape index (κ3) is 9.33. The van der Waals surface area contributed by atoms with Crippen LogP contribution in [0, 0.1) is 6.92 Å². The summed E-state index contributed by atoms with van der Waals surface area (Å²) in [6.07, 6.45) is 5.10. The molecule has 0 aliphatic carbocycles. The van der Waals surface area contributed by atoms with Crippen molar-refractivity contribution in [2.45, 2.75) is 27.2 Å². The highest BCUT2D eigenvalue weighted by atomic mass is 16.1. The van der Waals surface area contributed by atoms with E-state index in [0.717, 1.165) is 12.0 Å². The first-order valence-electron chi connectivity index (χ1n) is 6.09. The molecule has 18 heavy (non-hydrogen) atoms. The lowest BCUT2D eigenvalue weighted by Crippen LogP contribution is -2.13. The minimum Gasteiger partial charge on any atom is -0.355 e. The second kappa shape index (κ2) is 11.6. The lowest BCUT2D eigenvalue weighted by Gasteiger charge is -1.99. The van der Waals surface area contributed by atoms with Crippen molar-refractivity contribution in [1.82, 2.24) is 5.32 Å². The van der Waals surface area contributed by atoms with Gasteiger partial charge in [0, 0.05) is 19.0 Å². The number of hydrogen-bond acceptors (Lipinski definition) is 2. The van der Waals surface area contributed by atoms with E-state index in [9.17, 15) is 4.79 Å². The number of nitrogens with one attached hydrogen (secondary N) is 1. The minimum atomic E-state index is 0.595. The molecule has 0 saturated carbocycles. The Bertz CT molecular complexity index is 369. The third-order valence-corrected chi connectivity index (χ3v) is 2.21. The molecule has 1 amide bonds. The van der Waals surface area contributed by atoms with E-state index in [2.05, 4.69) is 29.4 Å². The zero-order valence-electron chi connectivity index (χ0n) is 11.4. The molecule has 0 spiro atoms. The molecule has 0 aliphatic rings. The van der Waals surface area contributed by atoms with Gasteiger partial charge in [0.1, 0.15) is 0 Å². The minimum absolute atomic E-state index is 0.595. The fourth-order valence-electron chi connectivity index (χ4n) is 1.15. The van der Waals surface area contributed by atoms with E-state index in [0.29, 0.717) is 13.0 Å². The molecule has 3 heteroatoms. The van der Waals surface area contributed by atoms with E-state index in [1.807, 2.05) is 32.0 Å². The number of carbonyl (C=O) groups is 1. The Labute approximate surface area is 110 Å². The van der Waals surface area contributed by atoms with Crippen LogP contribution >= 0.6 is 0 Å². The summed E-state index contributed by atoms with van der Waals surface area (Å²) < 4.78 is 0. The van der Waals surface area contributed by atoms with Gasteiger partial charge in [-0.1, -0.05) is 42.8 Å². The van der Waals surface area contributed by atoms with E-state index < -0.39 is 0 Å². The Morgan fingerprint density at radius 1 is 1.33 bits per heavy atom. The SMILES string of the molecule is CC=N/C=C(\CC)CNC=O.Cc1ccccc1. The average Bonchev–Trinajstić information content (AvgIpc) is 2.41. The van der Waals surface area contributed by atoms with Crippen molar-refractivity contribution in [2.75, 3.05) is 6.54 Å². The van der Waals surface area contributed by atoms with Gasteiger partial charge in [0.25, 0.3) is 0 Å². The molecule has 0 unspecified atom stereocenters. The first-order valence-corrected chi connectivity index (χ1v) is 6.09. The largest absolute Gasteiger partial charge is 0.355 e. The van der Waals surface area contributed by atoms with Crippen LogP contribution in [0.5, 0.6) is 0 Å². The van der Waals surface area contributed by atoms with Gasteiger partial charge < -0.3 is 5.32 Å². The number of benzene rings is 1. The van der Waals surface area contributed by atoms with Gasteiger partial charge >= 0.3 is 0 Å². The highest BCUT2D eigenvalue weighted by Gasteiger charge is 1.89. The molecule has 0 saturated heterocycles. The third-order valence-electron chi connectivity index (χ3n) is 2.21. The van der Waals surface area contributed by atoms with Crippen molar-refractivity contribution in [1.29, 1.82) is 0 Å². The maximum atomic E-state index is 9.92. The quantitative estimate of drug-likeness (QED) is 0.629. The Morgan fingerprint density at radius 3 is 2.39 bits per heavy atom. The number of nitrogens with zero attached hydrogens (tertiary/aromatic N) is 1. The fourth-order valence-corrected chi connectivity index (χ4v) is 1.15. The van der Waals surface area contributed by atoms with Crippen LogP contribution in [0.2, 0.25) is 0 Å². The number of aryl methyl sites for hydroxylation is 1. The van der Waals surface area contributed by atoms with Gasteiger partial charge in [-0.25, -0.2) is 0 Å². The summed E-state index contributed by atoms with van der Waals surface area (Å²) in [7, 11) is 0. The van der Waals surface area contributed by atoms with E-state index in [-0.39, 0.29) is 0 Å². The van der Waals surface area contributed by atoms with Gasteiger partial charge in [-0.15, -0.1) is 0 Å². The molecule has 98 valence electrons. The van der Waals surface area contributed by atoms with Crippen molar-refractivity contribution in [3.8, 4) is 0 Å². The highest BCUT2D eigenvalue weighted by Crippen LogP contribution is 1.97. The number of aliphatic imine (C=N–C) groups is 1. The van der Waals surface area contributed by atoms with Crippen LogP contribution < -0.4 is 5.32 Å². The van der Waals surface area contributed by atoms with E-state index >= 15 is 0 Å². The Hall–Kier alpha value is -1.90. The molecular weight excluding hydrogens is 224 g/mol. The number of hydrogen-bond donors (Lipinski definition) is 1. The van der Waals surface area contributed by atoms with Crippen LogP contribution in [0.4, 0.5) is 0 Å². The molecule has 1 rings (SSSR count). The smallest absolute Gasteiger partial charge is 0.207 e. The monoisotopic (exact) mass is 246 g/mol. The average molecular weight is 246 g/mol. The molecule has 0 heterocycles.